The number of benzene rings is 2. The molecule has 1 aliphatic rings. The molecule has 1 aliphatic heterocycles. The molecule has 1 fully saturated rings. The van der Waals surface area contributed by atoms with E-state index in [0.717, 1.165) is 22.7 Å². The first-order chi connectivity index (χ1) is 13.3. The number of hydrogen-bond donors (Lipinski definition) is 2. The molecule has 0 spiro atoms. The zero-order valence-corrected chi connectivity index (χ0v) is 15.6. The van der Waals surface area contributed by atoms with Crippen LogP contribution in [0, 0.1) is 0 Å². The van der Waals surface area contributed by atoms with Gasteiger partial charge in [-0.1, -0.05) is 48.2 Å². The fourth-order valence-electron chi connectivity index (χ4n) is 2.50. The number of carbonyl (C=O) groups is 4. The van der Waals surface area contributed by atoms with E-state index in [1.807, 2.05) is 0 Å². The summed E-state index contributed by atoms with van der Waals surface area (Å²) in [6.45, 7) is 0. The van der Waals surface area contributed by atoms with E-state index in [9.17, 15) is 29.4 Å². The lowest BCUT2D eigenvalue weighted by atomic mass is 10.1. The van der Waals surface area contributed by atoms with Crippen LogP contribution in [0.25, 0.3) is 6.08 Å². The Hall–Kier alpha value is -3.30. The van der Waals surface area contributed by atoms with Crippen molar-refractivity contribution < 1.29 is 29.4 Å². The molecule has 0 saturated carbocycles. The smallest absolute Gasteiger partial charge is 0.335 e. The number of aromatic carboxylic acids is 2. The number of carbonyl (C=O) groups excluding carboxylic acids is 2. The average Bonchev–Trinajstić information content (AvgIpc) is 2.95. The van der Waals surface area contributed by atoms with Crippen molar-refractivity contribution in [2.45, 2.75) is 0 Å². The van der Waals surface area contributed by atoms with Crippen LogP contribution in [0.15, 0.2) is 47.4 Å². The Morgan fingerprint density at radius 3 is 2.00 bits per heavy atom. The number of rotatable bonds is 5. The van der Waals surface area contributed by atoms with Gasteiger partial charge in [-0.05, 0) is 29.8 Å². The summed E-state index contributed by atoms with van der Waals surface area (Å²) in [4.78, 5) is 47.5. The van der Waals surface area contributed by atoms with Crippen molar-refractivity contribution in [3.05, 3.63) is 69.6 Å². The van der Waals surface area contributed by atoms with Crippen LogP contribution < -0.4 is 4.90 Å². The van der Waals surface area contributed by atoms with Gasteiger partial charge in [0.05, 0.1) is 21.7 Å². The summed E-state index contributed by atoms with van der Waals surface area (Å²) in [6, 6.07) is 9.96. The Kier molecular flexibility index (Phi) is 5.39. The van der Waals surface area contributed by atoms with Crippen LogP contribution in [-0.4, -0.2) is 38.7 Å². The Morgan fingerprint density at radius 1 is 0.964 bits per heavy atom. The monoisotopic (exact) mass is 413 g/mol. The van der Waals surface area contributed by atoms with Crippen molar-refractivity contribution in [1.29, 1.82) is 0 Å². The van der Waals surface area contributed by atoms with Crippen molar-refractivity contribution >= 4 is 64.2 Å². The van der Waals surface area contributed by atoms with Gasteiger partial charge in [0.25, 0.3) is 5.91 Å². The number of carboxylic acid groups (broad SMARTS) is 2. The second kappa shape index (κ2) is 7.75. The zero-order valence-electron chi connectivity index (χ0n) is 14.0. The van der Waals surface area contributed by atoms with Gasteiger partial charge in [0.2, 0.25) is 0 Å². The number of thioether (sulfide) groups is 1. The van der Waals surface area contributed by atoms with Crippen LogP contribution in [0.2, 0.25) is 0 Å². The molecule has 2 N–H and O–H groups in total. The lowest BCUT2D eigenvalue weighted by molar-refractivity contribution is -0.113. The Morgan fingerprint density at radius 2 is 1.50 bits per heavy atom. The third-order valence-corrected chi connectivity index (χ3v) is 5.14. The molecule has 1 saturated heterocycles. The predicted octanol–water partition coefficient (Wildman–Crippen LogP) is 3.30. The SMILES string of the molecule is O=Cc1ccc(/C=C2\SC(=S)N(c3cc(C(=O)O)cc(C(=O)O)c3)C2=O)cc1. The lowest BCUT2D eigenvalue weighted by Crippen LogP contribution is -2.28. The molecule has 0 aromatic heterocycles. The second-order valence-electron chi connectivity index (χ2n) is 5.68. The number of carboxylic acids is 2. The summed E-state index contributed by atoms with van der Waals surface area (Å²) in [5.74, 6) is -3.13. The number of hydrogen-bond acceptors (Lipinski definition) is 6. The van der Waals surface area contributed by atoms with Gasteiger partial charge >= 0.3 is 11.9 Å². The van der Waals surface area contributed by atoms with Gasteiger partial charge in [-0.25, -0.2) is 9.59 Å². The largest absolute Gasteiger partial charge is 0.478 e. The number of amides is 1. The fourth-order valence-corrected chi connectivity index (χ4v) is 3.80. The molecule has 0 unspecified atom stereocenters. The highest BCUT2D eigenvalue weighted by Crippen LogP contribution is 2.36. The number of thiocarbonyl (C=S) groups is 1. The zero-order chi connectivity index (χ0) is 20.4. The van der Waals surface area contributed by atoms with E-state index >= 15 is 0 Å². The van der Waals surface area contributed by atoms with Crippen LogP contribution in [-0.2, 0) is 4.79 Å². The molecule has 2 aromatic carbocycles. The molecule has 140 valence electrons. The van der Waals surface area contributed by atoms with E-state index in [2.05, 4.69) is 0 Å². The van der Waals surface area contributed by atoms with Crippen LogP contribution in [0.1, 0.15) is 36.6 Å². The number of nitrogens with zero attached hydrogens (tertiary/aromatic N) is 1. The standard InChI is InChI=1S/C19H11NO6S2/c21-9-11-3-1-10(2-4-11)5-15-16(22)20(19(27)28-15)14-7-12(17(23)24)6-13(8-14)18(25)26/h1-9H,(H,23,24)(H,25,26)/b15-5-. The summed E-state index contributed by atoms with van der Waals surface area (Å²) >= 11 is 6.25. The molecule has 28 heavy (non-hydrogen) atoms. The molecule has 0 bridgehead atoms. The summed E-state index contributed by atoms with van der Waals surface area (Å²) in [7, 11) is 0. The van der Waals surface area contributed by atoms with Crippen molar-refractivity contribution in [2.24, 2.45) is 0 Å². The van der Waals surface area contributed by atoms with Crippen LogP contribution >= 0.6 is 24.0 Å². The highest BCUT2D eigenvalue weighted by molar-refractivity contribution is 8.27. The molecule has 0 aliphatic carbocycles. The van der Waals surface area contributed by atoms with Crippen molar-refractivity contribution in [3.8, 4) is 0 Å². The third-order valence-electron chi connectivity index (χ3n) is 3.83. The van der Waals surface area contributed by atoms with Gasteiger partial charge in [0, 0.05) is 5.56 Å². The first-order valence-corrected chi connectivity index (χ1v) is 8.97. The predicted molar refractivity (Wildman–Crippen MR) is 108 cm³/mol. The summed E-state index contributed by atoms with van der Waals surface area (Å²) < 4.78 is 0.152. The maximum atomic E-state index is 12.8. The van der Waals surface area contributed by atoms with Gasteiger partial charge in [-0.15, -0.1) is 0 Å². The van der Waals surface area contributed by atoms with Gasteiger partial charge in [0.1, 0.15) is 6.29 Å². The third kappa shape index (κ3) is 3.85. The minimum atomic E-state index is -1.32. The van der Waals surface area contributed by atoms with E-state index < -0.39 is 17.8 Å². The van der Waals surface area contributed by atoms with E-state index in [-0.39, 0.29) is 21.1 Å². The Bertz CT molecular complexity index is 1030. The maximum absolute atomic E-state index is 12.8. The summed E-state index contributed by atoms with van der Waals surface area (Å²) in [6.07, 6.45) is 2.30. The van der Waals surface area contributed by atoms with E-state index in [1.165, 1.54) is 12.1 Å². The summed E-state index contributed by atoms with van der Waals surface area (Å²) in [5.41, 5.74) is 0.710. The fraction of sp³-hybridized carbons (Fsp3) is 0. The quantitative estimate of drug-likeness (QED) is 0.436. The number of anilines is 1. The van der Waals surface area contributed by atoms with Gasteiger partial charge < -0.3 is 10.2 Å². The lowest BCUT2D eigenvalue weighted by Gasteiger charge is -2.16. The van der Waals surface area contributed by atoms with Gasteiger partial charge in [-0.2, -0.15) is 0 Å². The molecular formula is C19H11NO6S2. The first kappa shape index (κ1) is 19.5. The van der Waals surface area contributed by atoms with Crippen molar-refractivity contribution in [3.63, 3.8) is 0 Å². The van der Waals surface area contributed by atoms with Gasteiger partial charge in [-0.3, -0.25) is 14.5 Å². The Labute approximate surface area is 168 Å². The highest BCUT2D eigenvalue weighted by atomic mass is 32.2. The van der Waals surface area contributed by atoms with E-state index in [4.69, 9.17) is 12.2 Å². The molecule has 2 aromatic rings. The molecule has 7 nitrogen and oxygen atoms in total. The second-order valence-corrected chi connectivity index (χ2v) is 7.36. The molecule has 3 rings (SSSR count). The van der Waals surface area contributed by atoms with Gasteiger partial charge in [0.15, 0.2) is 4.32 Å². The summed E-state index contributed by atoms with van der Waals surface area (Å²) in [5, 5.41) is 18.4. The number of aldehydes is 1. The normalized spacial score (nSPS) is 15.1. The molecule has 9 heteroatoms. The van der Waals surface area contributed by atoms with Crippen LogP contribution in [0.3, 0.4) is 0 Å². The van der Waals surface area contributed by atoms with E-state index in [1.54, 1.807) is 30.3 Å². The van der Waals surface area contributed by atoms with Crippen molar-refractivity contribution in [2.75, 3.05) is 4.90 Å². The average molecular weight is 413 g/mol. The van der Waals surface area contributed by atoms with Crippen LogP contribution in [0.4, 0.5) is 5.69 Å². The topological polar surface area (TPSA) is 112 Å². The minimum absolute atomic E-state index is 0.0690. The molecular weight excluding hydrogens is 402 g/mol. The Balaban J connectivity index is 1.99. The maximum Gasteiger partial charge on any atom is 0.335 e. The van der Waals surface area contributed by atoms with Crippen LogP contribution in [0.5, 0.6) is 0 Å². The van der Waals surface area contributed by atoms with Crippen molar-refractivity contribution in [1.82, 2.24) is 0 Å². The molecule has 0 radical (unpaired) electrons. The minimum Gasteiger partial charge on any atom is -0.478 e. The molecule has 0 atom stereocenters. The highest BCUT2D eigenvalue weighted by Gasteiger charge is 2.34. The van der Waals surface area contributed by atoms with E-state index in [0.29, 0.717) is 22.3 Å². The molecule has 1 amide bonds. The first-order valence-electron chi connectivity index (χ1n) is 7.75. The molecule has 1 heterocycles.